The van der Waals surface area contributed by atoms with Crippen molar-refractivity contribution in [3.63, 3.8) is 0 Å². The van der Waals surface area contributed by atoms with E-state index in [-0.39, 0.29) is 0 Å². The number of carboxylic acid groups (broad SMARTS) is 1. The van der Waals surface area contributed by atoms with Crippen LogP contribution in [0.25, 0.3) is 0 Å². The number of nitrogens with zero attached hydrogens (tertiary/aromatic N) is 1. The summed E-state index contributed by atoms with van der Waals surface area (Å²) in [6.45, 7) is 7.53. The molecule has 0 bridgehead atoms. The van der Waals surface area contributed by atoms with Crippen molar-refractivity contribution in [1.29, 1.82) is 0 Å². The molecule has 3 nitrogen and oxygen atoms in total. The molecule has 0 aromatic rings. The molecule has 1 saturated carbocycles. The summed E-state index contributed by atoms with van der Waals surface area (Å²) in [4.78, 5) is 13.3. The van der Waals surface area contributed by atoms with Crippen molar-refractivity contribution in [3.8, 4) is 0 Å². The third-order valence-electron chi connectivity index (χ3n) is 3.23. The van der Waals surface area contributed by atoms with Crippen LogP contribution >= 0.6 is 0 Å². The number of aliphatic carboxylic acids is 1. The largest absolute Gasteiger partial charge is 0.480 e. The molecule has 1 aliphatic rings. The second-order valence-electron chi connectivity index (χ2n) is 3.90. The molecule has 0 aliphatic heterocycles. The van der Waals surface area contributed by atoms with Crippen molar-refractivity contribution in [1.82, 2.24) is 4.90 Å². The summed E-state index contributed by atoms with van der Waals surface area (Å²) >= 11 is 0. The van der Waals surface area contributed by atoms with Gasteiger partial charge < -0.3 is 5.11 Å². The van der Waals surface area contributed by atoms with Crippen LogP contribution < -0.4 is 0 Å². The van der Waals surface area contributed by atoms with Crippen LogP contribution in [0.4, 0.5) is 0 Å². The molecule has 1 N–H and O–H groups in total. The predicted molar refractivity (Wildman–Crippen MR) is 51.7 cm³/mol. The summed E-state index contributed by atoms with van der Waals surface area (Å²) in [5.74, 6) is -0.302. The summed E-state index contributed by atoms with van der Waals surface area (Å²) in [5.41, 5.74) is -0.622. The maximum atomic E-state index is 11.2. The van der Waals surface area contributed by atoms with Crippen molar-refractivity contribution in [2.45, 2.75) is 39.2 Å². The third kappa shape index (κ3) is 1.70. The first-order chi connectivity index (χ1) is 6.07. The summed E-state index contributed by atoms with van der Waals surface area (Å²) < 4.78 is 0. The van der Waals surface area contributed by atoms with Gasteiger partial charge in [0, 0.05) is 0 Å². The van der Waals surface area contributed by atoms with Gasteiger partial charge in [0.2, 0.25) is 0 Å². The second kappa shape index (κ2) is 3.66. The van der Waals surface area contributed by atoms with Gasteiger partial charge >= 0.3 is 5.97 Å². The Morgan fingerprint density at radius 3 is 2.15 bits per heavy atom. The Hall–Kier alpha value is -0.570. The summed E-state index contributed by atoms with van der Waals surface area (Å²) in [6.07, 6.45) is 2.14. The van der Waals surface area contributed by atoms with Crippen LogP contribution in [0.3, 0.4) is 0 Å². The fourth-order valence-electron chi connectivity index (χ4n) is 2.09. The minimum absolute atomic E-state index is 0.366. The molecule has 1 fully saturated rings. The first-order valence-corrected chi connectivity index (χ1v) is 5.05. The summed E-state index contributed by atoms with van der Waals surface area (Å²) in [6, 6.07) is 0. The van der Waals surface area contributed by atoms with Crippen LogP contribution in [0.15, 0.2) is 0 Å². The SMILES string of the molecule is CCN(CC)C(C)(C(=O)O)C1CC1. The number of likely N-dealkylation sites (N-methyl/N-ethyl adjacent to an activating group) is 1. The zero-order valence-corrected chi connectivity index (χ0v) is 8.71. The maximum absolute atomic E-state index is 11.2. The lowest BCUT2D eigenvalue weighted by molar-refractivity contribution is -0.152. The van der Waals surface area contributed by atoms with E-state index < -0.39 is 11.5 Å². The average Bonchev–Trinajstić information content (AvgIpc) is 2.88. The third-order valence-corrected chi connectivity index (χ3v) is 3.23. The number of carbonyl (C=O) groups is 1. The highest BCUT2D eigenvalue weighted by Crippen LogP contribution is 2.43. The van der Waals surface area contributed by atoms with Gasteiger partial charge in [-0.25, -0.2) is 0 Å². The number of carboxylic acids is 1. The molecule has 1 rings (SSSR count). The smallest absolute Gasteiger partial charge is 0.324 e. The van der Waals surface area contributed by atoms with E-state index in [1.165, 1.54) is 0 Å². The standard InChI is InChI=1S/C10H19NO2/c1-4-11(5-2)10(3,9(12)13)8-6-7-8/h8H,4-7H2,1-3H3,(H,12,13). The molecule has 0 aromatic carbocycles. The highest BCUT2D eigenvalue weighted by atomic mass is 16.4. The predicted octanol–water partition coefficient (Wildman–Crippen LogP) is 1.58. The van der Waals surface area contributed by atoms with Gasteiger partial charge in [-0.3, -0.25) is 9.69 Å². The molecule has 0 saturated heterocycles. The molecule has 1 unspecified atom stereocenters. The zero-order chi connectivity index (χ0) is 10.1. The van der Waals surface area contributed by atoms with E-state index in [1.54, 1.807) is 0 Å². The maximum Gasteiger partial charge on any atom is 0.324 e. The first kappa shape index (κ1) is 10.5. The molecular weight excluding hydrogens is 166 g/mol. The topological polar surface area (TPSA) is 40.5 Å². The Morgan fingerprint density at radius 2 is 1.92 bits per heavy atom. The quantitative estimate of drug-likeness (QED) is 0.707. The van der Waals surface area contributed by atoms with Gasteiger partial charge in [0.15, 0.2) is 0 Å². The molecule has 0 aromatic heterocycles. The zero-order valence-electron chi connectivity index (χ0n) is 8.71. The summed E-state index contributed by atoms with van der Waals surface area (Å²) in [7, 11) is 0. The van der Waals surface area contributed by atoms with Gasteiger partial charge in [0.1, 0.15) is 5.54 Å². The highest BCUT2D eigenvalue weighted by Gasteiger charge is 2.50. The van der Waals surface area contributed by atoms with E-state index in [1.807, 2.05) is 25.7 Å². The molecule has 1 atom stereocenters. The van der Waals surface area contributed by atoms with Crippen molar-refractivity contribution >= 4 is 5.97 Å². The molecule has 76 valence electrons. The Morgan fingerprint density at radius 1 is 1.46 bits per heavy atom. The highest BCUT2D eigenvalue weighted by molar-refractivity contribution is 5.79. The number of hydrogen-bond donors (Lipinski definition) is 1. The molecular formula is C10H19NO2. The lowest BCUT2D eigenvalue weighted by atomic mass is 9.93. The molecule has 0 heterocycles. The molecule has 1 aliphatic carbocycles. The molecule has 13 heavy (non-hydrogen) atoms. The van der Waals surface area contributed by atoms with Crippen molar-refractivity contribution in [3.05, 3.63) is 0 Å². The Bertz CT molecular complexity index is 197. The van der Waals surface area contributed by atoms with Crippen LogP contribution in [0.1, 0.15) is 33.6 Å². The van der Waals surface area contributed by atoms with Gasteiger partial charge in [0.25, 0.3) is 0 Å². The van der Waals surface area contributed by atoms with E-state index >= 15 is 0 Å². The van der Waals surface area contributed by atoms with Crippen LogP contribution in [0, 0.1) is 5.92 Å². The molecule has 3 heteroatoms. The van der Waals surface area contributed by atoms with E-state index in [9.17, 15) is 9.90 Å². The van der Waals surface area contributed by atoms with Crippen LogP contribution in [0.2, 0.25) is 0 Å². The Labute approximate surface area is 79.7 Å². The fourth-order valence-corrected chi connectivity index (χ4v) is 2.09. The van der Waals surface area contributed by atoms with Crippen molar-refractivity contribution in [2.24, 2.45) is 5.92 Å². The Balaban J connectivity index is 2.81. The van der Waals surface area contributed by atoms with E-state index in [0.29, 0.717) is 5.92 Å². The minimum atomic E-state index is -0.668. The fraction of sp³-hybridized carbons (Fsp3) is 0.900. The lowest BCUT2D eigenvalue weighted by Gasteiger charge is -2.36. The Kier molecular flexibility index (Phi) is 2.96. The van der Waals surface area contributed by atoms with Gasteiger partial charge in [-0.05, 0) is 38.8 Å². The van der Waals surface area contributed by atoms with E-state index in [0.717, 1.165) is 25.9 Å². The minimum Gasteiger partial charge on any atom is -0.480 e. The van der Waals surface area contributed by atoms with Gasteiger partial charge in [-0.2, -0.15) is 0 Å². The van der Waals surface area contributed by atoms with Gasteiger partial charge in [-0.1, -0.05) is 13.8 Å². The normalized spacial score (nSPS) is 21.5. The van der Waals surface area contributed by atoms with Crippen LogP contribution in [-0.4, -0.2) is 34.6 Å². The van der Waals surface area contributed by atoms with E-state index in [2.05, 4.69) is 0 Å². The molecule has 0 amide bonds. The molecule has 0 radical (unpaired) electrons. The van der Waals surface area contributed by atoms with E-state index in [4.69, 9.17) is 0 Å². The second-order valence-corrected chi connectivity index (χ2v) is 3.90. The van der Waals surface area contributed by atoms with Crippen molar-refractivity contribution < 1.29 is 9.90 Å². The molecule has 0 spiro atoms. The van der Waals surface area contributed by atoms with Gasteiger partial charge in [0.05, 0.1) is 0 Å². The van der Waals surface area contributed by atoms with Gasteiger partial charge in [-0.15, -0.1) is 0 Å². The van der Waals surface area contributed by atoms with Crippen molar-refractivity contribution in [2.75, 3.05) is 13.1 Å². The number of rotatable bonds is 5. The average molecular weight is 185 g/mol. The first-order valence-electron chi connectivity index (χ1n) is 5.05. The summed E-state index contributed by atoms with van der Waals surface area (Å²) in [5, 5.41) is 9.23. The lowest BCUT2D eigenvalue weighted by Crippen LogP contribution is -2.54. The monoisotopic (exact) mass is 185 g/mol. The van der Waals surface area contributed by atoms with Crippen LogP contribution in [0.5, 0.6) is 0 Å². The number of hydrogen-bond acceptors (Lipinski definition) is 2. The van der Waals surface area contributed by atoms with Crippen LogP contribution in [-0.2, 0) is 4.79 Å².